The fraction of sp³-hybridized carbons (Fsp3) is 0.100. The minimum Gasteiger partial charge on any atom is -0.403 e. The number of amides is 1. The molecule has 0 aliphatic heterocycles. The highest BCUT2D eigenvalue weighted by Crippen LogP contribution is 2.23. The Bertz CT molecular complexity index is 595. The molecule has 0 saturated carbocycles. The molecule has 0 aliphatic rings. The van der Waals surface area contributed by atoms with Gasteiger partial charge < -0.3 is 4.42 Å². The van der Waals surface area contributed by atoms with Crippen molar-refractivity contribution in [3.63, 3.8) is 0 Å². The molecule has 0 saturated heterocycles. The summed E-state index contributed by atoms with van der Waals surface area (Å²) in [5.74, 6) is -2.16. The van der Waals surface area contributed by atoms with Crippen molar-refractivity contribution >= 4 is 27.9 Å². The molecule has 100 valence electrons. The van der Waals surface area contributed by atoms with Gasteiger partial charge in [0.2, 0.25) is 5.89 Å². The van der Waals surface area contributed by atoms with Crippen molar-refractivity contribution in [1.82, 2.24) is 10.2 Å². The van der Waals surface area contributed by atoms with Gasteiger partial charge >= 0.3 is 18.1 Å². The molecular formula is C10H5BrF3N3O2. The summed E-state index contributed by atoms with van der Waals surface area (Å²) in [5.41, 5.74) is 0.517. The normalized spacial score (nSPS) is 11.4. The lowest BCUT2D eigenvalue weighted by molar-refractivity contribution is -0.167. The van der Waals surface area contributed by atoms with Crippen LogP contribution in [0.4, 0.5) is 19.2 Å². The summed E-state index contributed by atoms with van der Waals surface area (Å²) in [6.07, 6.45) is -5.01. The molecule has 0 unspecified atom stereocenters. The first-order chi connectivity index (χ1) is 8.86. The van der Waals surface area contributed by atoms with Crippen LogP contribution in [0.3, 0.4) is 0 Å². The number of halogens is 4. The summed E-state index contributed by atoms with van der Waals surface area (Å²) in [7, 11) is 0. The average Bonchev–Trinajstić information content (AvgIpc) is 2.77. The van der Waals surface area contributed by atoms with Gasteiger partial charge in [0.1, 0.15) is 0 Å². The summed E-state index contributed by atoms with van der Waals surface area (Å²) in [6, 6.07) is 6.06. The second-order valence-electron chi connectivity index (χ2n) is 3.37. The van der Waals surface area contributed by atoms with Crippen molar-refractivity contribution in [2.75, 3.05) is 5.32 Å². The summed E-state index contributed by atoms with van der Waals surface area (Å²) >= 11 is 3.23. The molecule has 1 amide bonds. The number of benzene rings is 1. The SMILES string of the molecule is O=C(Nc1nnc(-c2ccc(Br)cc2)o1)C(F)(F)F. The highest BCUT2D eigenvalue weighted by molar-refractivity contribution is 9.10. The predicted octanol–water partition coefficient (Wildman–Crippen LogP) is 3.00. The molecule has 0 spiro atoms. The van der Waals surface area contributed by atoms with Crippen molar-refractivity contribution in [2.45, 2.75) is 6.18 Å². The summed E-state index contributed by atoms with van der Waals surface area (Å²) in [6.45, 7) is 0. The minimum absolute atomic E-state index is 0.00461. The lowest BCUT2D eigenvalue weighted by Crippen LogP contribution is -2.30. The largest absolute Gasteiger partial charge is 0.471 e. The van der Waals surface area contributed by atoms with E-state index in [1.54, 1.807) is 24.3 Å². The zero-order chi connectivity index (χ0) is 14.0. The van der Waals surface area contributed by atoms with E-state index < -0.39 is 18.1 Å². The molecule has 0 fully saturated rings. The third-order valence-electron chi connectivity index (χ3n) is 1.99. The van der Waals surface area contributed by atoms with E-state index in [2.05, 4.69) is 26.1 Å². The summed E-state index contributed by atoms with van der Waals surface area (Å²) < 4.78 is 41.7. The maximum Gasteiger partial charge on any atom is 0.471 e. The van der Waals surface area contributed by atoms with Gasteiger partial charge in [-0.2, -0.15) is 13.2 Å². The lowest BCUT2D eigenvalue weighted by Gasteiger charge is -2.03. The van der Waals surface area contributed by atoms with Gasteiger partial charge in [-0.3, -0.25) is 10.1 Å². The van der Waals surface area contributed by atoms with E-state index in [0.29, 0.717) is 5.56 Å². The maximum absolute atomic E-state index is 12.0. The lowest BCUT2D eigenvalue weighted by atomic mass is 10.2. The van der Waals surface area contributed by atoms with Crippen molar-refractivity contribution in [3.05, 3.63) is 28.7 Å². The number of carbonyl (C=O) groups excluding carboxylic acids is 1. The van der Waals surface area contributed by atoms with E-state index in [9.17, 15) is 18.0 Å². The quantitative estimate of drug-likeness (QED) is 0.915. The second-order valence-corrected chi connectivity index (χ2v) is 4.29. The van der Waals surface area contributed by atoms with Crippen LogP contribution in [0.15, 0.2) is 33.2 Å². The average molecular weight is 336 g/mol. The molecule has 0 radical (unpaired) electrons. The number of aromatic nitrogens is 2. The van der Waals surface area contributed by atoms with Gasteiger partial charge in [0, 0.05) is 10.0 Å². The molecule has 2 aromatic rings. The first-order valence-corrected chi connectivity index (χ1v) is 5.63. The summed E-state index contributed by atoms with van der Waals surface area (Å²) in [5, 5.41) is 8.32. The van der Waals surface area contributed by atoms with Gasteiger partial charge in [-0.1, -0.05) is 21.0 Å². The number of hydrogen-bond acceptors (Lipinski definition) is 4. The van der Waals surface area contributed by atoms with Crippen LogP contribution in [0.1, 0.15) is 0 Å². The Labute approximate surface area is 112 Å². The smallest absolute Gasteiger partial charge is 0.403 e. The summed E-state index contributed by atoms with van der Waals surface area (Å²) in [4.78, 5) is 10.7. The fourth-order valence-corrected chi connectivity index (χ4v) is 1.42. The zero-order valence-electron chi connectivity index (χ0n) is 9.03. The van der Waals surface area contributed by atoms with E-state index in [1.165, 1.54) is 5.32 Å². The first kappa shape index (κ1) is 13.5. The Morgan fingerprint density at radius 3 is 2.42 bits per heavy atom. The van der Waals surface area contributed by atoms with E-state index in [0.717, 1.165) is 4.47 Å². The van der Waals surface area contributed by atoms with E-state index >= 15 is 0 Å². The highest BCUT2D eigenvalue weighted by Gasteiger charge is 2.39. The molecule has 0 aliphatic carbocycles. The molecule has 2 rings (SSSR count). The number of rotatable bonds is 2. The third-order valence-corrected chi connectivity index (χ3v) is 2.52. The molecule has 0 bridgehead atoms. The van der Waals surface area contributed by atoms with Crippen LogP contribution in [0.2, 0.25) is 0 Å². The van der Waals surface area contributed by atoms with Crippen molar-refractivity contribution in [2.24, 2.45) is 0 Å². The Kier molecular flexibility index (Phi) is 3.56. The molecule has 1 N–H and O–H groups in total. The number of nitrogens with zero attached hydrogens (tertiary/aromatic N) is 2. The molecule has 9 heteroatoms. The standard InChI is InChI=1S/C10H5BrF3N3O2/c11-6-3-1-5(2-4-6)7-16-17-9(19-7)15-8(18)10(12,13)14/h1-4H,(H,15,17,18). The maximum atomic E-state index is 12.0. The number of anilines is 1. The van der Waals surface area contributed by atoms with Crippen molar-refractivity contribution in [3.8, 4) is 11.5 Å². The molecule has 1 aromatic carbocycles. The Balaban J connectivity index is 2.16. The monoisotopic (exact) mass is 335 g/mol. The van der Waals surface area contributed by atoms with E-state index in [4.69, 9.17) is 4.42 Å². The number of carbonyl (C=O) groups is 1. The third kappa shape index (κ3) is 3.31. The van der Waals surface area contributed by atoms with E-state index in [1.807, 2.05) is 0 Å². The topological polar surface area (TPSA) is 68.0 Å². The molecule has 0 atom stereocenters. The molecular weight excluding hydrogens is 331 g/mol. The number of nitrogens with one attached hydrogen (secondary N) is 1. The molecule has 5 nitrogen and oxygen atoms in total. The molecule has 1 heterocycles. The number of hydrogen-bond donors (Lipinski definition) is 1. The van der Waals surface area contributed by atoms with E-state index in [-0.39, 0.29) is 5.89 Å². The first-order valence-electron chi connectivity index (χ1n) is 4.84. The highest BCUT2D eigenvalue weighted by atomic mass is 79.9. The van der Waals surface area contributed by atoms with Crippen LogP contribution < -0.4 is 5.32 Å². The van der Waals surface area contributed by atoms with Crippen molar-refractivity contribution < 1.29 is 22.4 Å². The van der Waals surface area contributed by atoms with Gasteiger partial charge in [-0.15, -0.1) is 5.10 Å². The van der Waals surface area contributed by atoms with Gasteiger partial charge in [-0.05, 0) is 24.3 Å². The van der Waals surface area contributed by atoms with Crippen LogP contribution >= 0.6 is 15.9 Å². The van der Waals surface area contributed by atoms with Crippen LogP contribution in [0.25, 0.3) is 11.5 Å². The number of alkyl halides is 3. The van der Waals surface area contributed by atoms with Gasteiger partial charge in [0.15, 0.2) is 0 Å². The van der Waals surface area contributed by atoms with Gasteiger partial charge in [0.25, 0.3) is 0 Å². The van der Waals surface area contributed by atoms with Crippen molar-refractivity contribution in [1.29, 1.82) is 0 Å². The zero-order valence-corrected chi connectivity index (χ0v) is 10.6. The Morgan fingerprint density at radius 2 is 1.84 bits per heavy atom. The second kappa shape index (κ2) is 5.00. The Morgan fingerprint density at radius 1 is 1.21 bits per heavy atom. The molecule has 19 heavy (non-hydrogen) atoms. The fourth-order valence-electron chi connectivity index (χ4n) is 1.15. The van der Waals surface area contributed by atoms with Crippen LogP contribution in [-0.2, 0) is 4.79 Å². The minimum atomic E-state index is -5.01. The van der Waals surface area contributed by atoms with Crippen LogP contribution in [0.5, 0.6) is 0 Å². The van der Waals surface area contributed by atoms with Gasteiger partial charge in [-0.25, -0.2) is 0 Å². The Hall–Kier alpha value is -1.90. The molecule has 1 aromatic heterocycles. The van der Waals surface area contributed by atoms with Crippen LogP contribution in [-0.4, -0.2) is 22.3 Å². The van der Waals surface area contributed by atoms with Gasteiger partial charge in [0.05, 0.1) is 0 Å². The van der Waals surface area contributed by atoms with Crippen LogP contribution in [0, 0.1) is 0 Å². The predicted molar refractivity (Wildman–Crippen MR) is 62.1 cm³/mol.